The quantitative estimate of drug-likeness (QED) is 0.696. The van der Waals surface area contributed by atoms with Gasteiger partial charge in [-0.3, -0.25) is 4.68 Å². The molecule has 0 amide bonds. The SMILES string of the molecule is CCc1cnn(CCC(C)C)c1C. The summed E-state index contributed by atoms with van der Waals surface area (Å²) in [6, 6.07) is 0. The first-order valence-corrected chi connectivity index (χ1v) is 5.16. The molecule has 74 valence electrons. The minimum absolute atomic E-state index is 0.758. The molecular weight excluding hydrogens is 160 g/mol. The highest BCUT2D eigenvalue weighted by Crippen LogP contribution is 2.10. The van der Waals surface area contributed by atoms with Crippen molar-refractivity contribution in [2.24, 2.45) is 5.92 Å². The van der Waals surface area contributed by atoms with E-state index in [2.05, 4.69) is 37.5 Å². The summed E-state index contributed by atoms with van der Waals surface area (Å²) < 4.78 is 2.12. The van der Waals surface area contributed by atoms with E-state index in [0.29, 0.717) is 0 Å². The summed E-state index contributed by atoms with van der Waals surface area (Å²) in [7, 11) is 0. The predicted octanol–water partition coefficient (Wildman–Crippen LogP) is 2.80. The third kappa shape index (κ3) is 2.58. The highest BCUT2D eigenvalue weighted by molar-refractivity contribution is 5.15. The van der Waals surface area contributed by atoms with E-state index in [1.807, 2.05) is 6.20 Å². The molecule has 0 N–H and O–H groups in total. The number of aromatic nitrogens is 2. The van der Waals surface area contributed by atoms with Crippen LogP contribution in [0.1, 0.15) is 38.4 Å². The van der Waals surface area contributed by atoms with Gasteiger partial charge in [0.15, 0.2) is 0 Å². The third-order valence-electron chi connectivity index (χ3n) is 2.50. The zero-order valence-electron chi connectivity index (χ0n) is 9.17. The summed E-state index contributed by atoms with van der Waals surface area (Å²) in [5.41, 5.74) is 2.71. The summed E-state index contributed by atoms with van der Waals surface area (Å²) in [5.74, 6) is 0.758. The van der Waals surface area contributed by atoms with Crippen molar-refractivity contribution in [3.8, 4) is 0 Å². The Bertz CT molecular complexity index is 261. The fourth-order valence-corrected chi connectivity index (χ4v) is 1.44. The van der Waals surface area contributed by atoms with Crippen LogP contribution < -0.4 is 0 Å². The van der Waals surface area contributed by atoms with Gasteiger partial charge in [-0.2, -0.15) is 5.10 Å². The van der Waals surface area contributed by atoms with Gasteiger partial charge in [0.05, 0.1) is 6.20 Å². The first-order valence-electron chi connectivity index (χ1n) is 5.16. The number of rotatable bonds is 4. The Hall–Kier alpha value is -0.790. The molecule has 0 unspecified atom stereocenters. The van der Waals surface area contributed by atoms with Crippen LogP contribution in [0, 0.1) is 12.8 Å². The number of hydrogen-bond acceptors (Lipinski definition) is 1. The molecule has 0 spiro atoms. The van der Waals surface area contributed by atoms with Crippen LogP contribution in [0.2, 0.25) is 0 Å². The van der Waals surface area contributed by atoms with Gasteiger partial charge in [0.1, 0.15) is 0 Å². The number of nitrogens with zero attached hydrogens (tertiary/aromatic N) is 2. The Labute approximate surface area is 81.0 Å². The average molecular weight is 180 g/mol. The monoisotopic (exact) mass is 180 g/mol. The van der Waals surface area contributed by atoms with Crippen molar-refractivity contribution in [1.29, 1.82) is 0 Å². The minimum Gasteiger partial charge on any atom is -0.270 e. The molecule has 0 aliphatic carbocycles. The lowest BCUT2D eigenvalue weighted by molar-refractivity contribution is 0.480. The molecular formula is C11H20N2. The Morgan fingerprint density at radius 3 is 2.62 bits per heavy atom. The van der Waals surface area contributed by atoms with Crippen LogP contribution in [0.25, 0.3) is 0 Å². The molecule has 1 aromatic rings. The predicted molar refractivity (Wildman–Crippen MR) is 55.8 cm³/mol. The fraction of sp³-hybridized carbons (Fsp3) is 0.727. The molecule has 2 nitrogen and oxygen atoms in total. The van der Waals surface area contributed by atoms with Crippen molar-refractivity contribution in [3.63, 3.8) is 0 Å². The molecule has 0 aliphatic heterocycles. The summed E-state index contributed by atoms with van der Waals surface area (Å²) in [6.45, 7) is 9.89. The van der Waals surface area contributed by atoms with Crippen LogP contribution >= 0.6 is 0 Å². The zero-order chi connectivity index (χ0) is 9.84. The standard InChI is InChI=1S/C11H20N2/c1-5-11-8-12-13(10(11)4)7-6-9(2)3/h8-9H,5-7H2,1-4H3. The lowest BCUT2D eigenvalue weighted by atomic mass is 10.1. The van der Waals surface area contributed by atoms with E-state index in [9.17, 15) is 0 Å². The van der Waals surface area contributed by atoms with E-state index in [0.717, 1.165) is 18.9 Å². The molecule has 0 aliphatic rings. The molecule has 0 saturated heterocycles. The molecule has 0 radical (unpaired) electrons. The summed E-state index contributed by atoms with van der Waals surface area (Å²) >= 11 is 0. The molecule has 13 heavy (non-hydrogen) atoms. The number of aryl methyl sites for hydroxylation is 2. The van der Waals surface area contributed by atoms with E-state index >= 15 is 0 Å². The Morgan fingerprint density at radius 2 is 2.15 bits per heavy atom. The van der Waals surface area contributed by atoms with Crippen molar-refractivity contribution in [2.45, 2.75) is 47.1 Å². The second-order valence-electron chi connectivity index (χ2n) is 4.01. The van der Waals surface area contributed by atoms with Gasteiger partial charge in [-0.15, -0.1) is 0 Å². The fourth-order valence-electron chi connectivity index (χ4n) is 1.44. The highest BCUT2D eigenvalue weighted by atomic mass is 15.3. The normalized spacial score (nSPS) is 11.2. The Balaban J connectivity index is 2.62. The van der Waals surface area contributed by atoms with Crippen molar-refractivity contribution in [3.05, 3.63) is 17.5 Å². The lowest BCUT2D eigenvalue weighted by Crippen LogP contribution is -2.05. The van der Waals surface area contributed by atoms with Gasteiger partial charge >= 0.3 is 0 Å². The Kier molecular flexibility index (Phi) is 3.52. The van der Waals surface area contributed by atoms with Gasteiger partial charge < -0.3 is 0 Å². The van der Waals surface area contributed by atoms with Crippen LogP contribution in [0.3, 0.4) is 0 Å². The molecule has 0 fully saturated rings. The van der Waals surface area contributed by atoms with Crippen LogP contribution in [0.4, 0.5) is 0 Å². The van der Waals surface area contributed by atoms with Crippen molar-refractivity contribution in [2.75, 3.05) is 0 Å². The molecule has 1 heterocycles. The summed E-state index contributed by atoms with van der Waals surface area (Å²) in [6.07, 6.45) is 4.30. The van der Waals surface area contributed by atoms with E-state index in [1.54, 1.807) is 0 Å². The first kappa shape index (κ1) is 10.3. The topological polar surface area (TPSA) is 17.8 Å². The summed E-state index contributed by atoms with van der Waals surface area (Å²) in [4.78, 5) is 0. The maximum atomic E-state index is 4.38. The Morgan fingerprint density at radius 1 is 1.46 bits per heavy atom. The van der Waals surface area contributed by atoms with E-state index in [1.165, 1.54) is 17.7 Å². The molecule has 1 rings (SSSR count). The van der Waals surface area contributed by atoms with E-state index in [4.69, 9.17) is 0 Å². The molecule has 0 aromatic carbocycles. The van der Waals surface area contributed by atoms with Crippen molar-refractivity contribution in [1.82, 2.24) is 9.78 Å². The lowest BCUT2D eigenvalue weighted by Gasteiger charge is -2.07. The van der Waals surface area contributed by atoms with Crippen molar-refractivity contribution >= 4 is 0 Å². The van der Waals surface area contributed by atoms with Gasteiger partial charge in [-0.05, 0) is 31.2 Å². The third-order valence-corrected chi connectivity index (χ3v) is 2.50. The van der Waals surface area contributed by atoms with E-state index < -0.39 is 0 Å². The second kappa shape index (κ2) is 4.45. The van der Waals surface area contributed by atoms with Crippen LogP contribution in [-0.2, 0) is 13.0 Å². The number of hydrogen-bond donors (Lipinski definition) is 0. The average Bonchev–Trinajstić information content (AvgIpc) is 2.43. The van der Waals surface area contributed by atoms with Gasteiger partial charge in [0.2, 0.25) is 0 Å². The maximum absolute atomic E-state index is 4.38. The molecule has 0 bridgehead atoms. The van der Waals surface area contributed by atoms with Gasteiger partial charge in [-0.25, -0.2) is 0 Å². The summed E-state index contributed by atoms with van der Waals surface area (Å²) in [5, 5.41) is 4.38. The molecule has 1 aromatic heterocycles. The maximum Gasteiger partial charge on any atom is 0.0524 e. The largest absolute Gasteiger partial charge is 0.270 e. The van der Waals surface area contributed by atoms with Gasteiger partial charge in [0, 0.05) is 12.2 Å². The van der Waals surface area contributed by atoms with Crippen molar-refractivity contribution < 1.29 is 0 Å². The van der Waals surface area contributed by atoms with Crippen LogP contribution in [-0.4, -0.2) is 9.78 Å². The zero-order valence-corrected chi connectivity index (χ0v) is 9.17. The minimum atomic E-state index is 0.758. The van der Waals surface area contributed by atoms with Crippen LogP contribution in [0.5, 0.6) is 0 Å². The molecule has 2 heteroatoms. The molecule has 0 atom stereocenters. The highest BCUT2D eigenvalue weighted by Gasteiger charge is 2.04. The second-order valence-corrected chi connectivity index (χ2v) is 4.01. The van der Waals surface area contributed by atoms with E-state index in [-0.39, 0.29) is 0 Å². The van der Waals surface area contributed by atoms with Gasteiger partial charge in [-0.1, -0.05) is 20.8 Å². The first-order chi connectivity index (χ1) is 6.15. The van der Waals surface area contributed by atoms with Gasteiger partial charge in [0.25, 0.3) is 0 Å². The van der Waals surface area contributed by atoms with Crippen LogP contribution in [0.15, 0.2) is 6.20 Å². The molecule has 0 saturated carbocycles. The smallest absolute Gasteiger partial charge is 0.0524 e.